The first-order chi connectivity index (χ1) is 8.61. The van der Waals surface area contributed by atoms with Gasteiger partial charge in [-0.15, -0.1) is 5.10 Å². The van der Waals surface area contributed by atoms with E-state index in [9.17, 15) is 4.79 Å². The Morgan fingerprint density at radius 2 is 2.28 bits per heavy atom. The van der Waals surface area contributed by atoms with Crippen molar-refractivity contribution in [3.63, 3.8) is 0 Å². The average Bonchev–Trinajstić information content (AvgIpc) is 2.74. The van der Waals surface area contributed by atoms with E-state index >= 15 is 0 Å². The third-order valence-electron chi connectivity index (χ3n) is 2.27. The zero-order valence-corrected chi connectivity index (χ0v) is 10.6. The van der Waals surface area contributed by atoms with E-state index in [1.165, 1.54) is 23.4 Å². The summed E-state index contributed by atoms with van der Waals surface area (Å²) in [6.07, 6.45) is 0. The molecule has 0 aliphatic rings. The van der Waals surface area contributed by atoms with Gasteiger partial charge in [0, 0.05) is 17.5 Å². The van der Waals surface area contributed by atoms with Gasteiger partial charge in [0.15, 0.2) is 5.78 Å². The molecule has 0 saturated carbocycles. The van der Waals surface area contributed by atoms with E-state index < -0.39 is 0 Å². The molecule has 0 bridgehead atoms. The predicted molar refractivity (Wildman–Crippen MR) is 64.1 cm³/mol. The summed E-state index contributed by atoms with van der Waals surface area (Å²) >= 11 is 1.26. The molecular formula is C11H9N5OS. The molecule has 0 radical (unpaired) electrons. The molecule has 2 aromatic rings. The Bertz CT molecular complexity index is 643. The molecule has 0 atom stereocenters. The van der Waals surface area contributed by atoms with Crippen LogP contribution in [0.2, 0.25) is 0 Å². The highest BCUT2D eigenvalue weighted by Gasteiger charge is 2.12. The molecule has 2 rings (SSSR count). The largest absolute Gasteiger partial charge is 0.294 e. The lowest BCUT2D eigenvalue weighted by Gasteiger charge is -2.05. The molecule has 1 aromatic heterocycles. The summed E-state index contributed by atoms with van der Waals surface area (Å²) in [6, 6.07) is 6.97. The molecular weight excluding hydrogens is 250 g/mol. The van der Waals surface area contributed by atoms with Crippen molar-refractivity contribution in [1.29, 1.82) is 5.26 Å². The van der Waals surface area contributed by atoms with Crippen LogP contribution in [0, 0.1) is 11.3 Å². The first kappa shape index (κ1) is 12.3. The lowest BCUT2D eigenvalue weighted by atomic mass is 10.1. The molecule has 0 aliphatic carbocycles. The average molecular weight is 259 g/mol. The Kier molecular flexibility index (Phi) is 3.39. The van der Waals surface area contributed by atoms with E-state index in [1.807, 2.05) is 6.07 Å². The monoisotopic (exact) mass is 259 g/mol. The first-order valence-corrected chi connectivity index (χ1v) is 5.88. The molecule has 6 nitrogen and oxygen atoms in total. The standard InChI is InChI=1S/C11H9N5OS/c1-7(17)9-4-3-8(6-12)5-10(9)18-11-13-14-15-16(11)2/h3-5H,1-2H3. The van der Waals surface area contributed by atoms with Gasteiger partial charge in [-0.3, -0.25) is 4.79 Å². The lowest BCUT2D eigenvalue weighted by Crippen LogP contribution is -1.98. The summed E-state index contributed by atoms with van der Waals surface area (Å²) in [7, 11) is 1.71. The number of benzene rings is 1. The van der Waals surface area contributed by atoms with Crippen LogP contribution < -0.4 is 0 Å². The molecule has 0 unspecified atom stereocenters. The number of ketones is 1. The van der Waals surface area contributed by atoms with Gasteiger partial charge in [0.05, 0.1) is 11.6 Å². The molecule has 0 N–H and O–H groups in total. The Balaban J connectivity index is 2.45. The quantitative estimate of drug-likeness (QED) is 0.775. The summed E-state index contributed by atoms with van der Waals surface area (Å²) in [6.45, 7) is 1.49. The maximum atomic E-state index is 11.5. The van der Waals surface area contributed by atoms with Crippen LogP contribution in [0.15, 0.2) is 28.3 Å². The fourth-order valence-electron chi connectivity index (χ4n) is 1.37. The topological polar surface area (TPSA) is 84.5 Å². The molecule has 0 fully saturated rings. The van der Waals surface area contributed by atoms with Crippen LogP contribution in [0.5, 0.6) is 0 Å². The van der Waals surface area contributed by atoms with E-state index in [4.69, 9.17) is 5.26 Å². The van der Waals surface area contributed by atoms with Gasteiger partial charge in [-0.05, 0) is 47.3 Å². The van der Waals surface area contributed by atoms with Crippen LogP contribution in [0.4, 0.5) is 0 Å². The molecule has 90 valence electrons. The van der Waals surface area contributed by atoms with Crippen LogP contribution >= 0.6 is 11.8 Å². The predicted octanol–water partition coefficient (Wildman–Crippen LogP) is 1.44. The van der Waals surface area contributed by atoms with Gasteiger partial charge < -0.3 is 0 Å². The molecule has 0 amide bonds. The van der Waals surface area contributed by atoms with Crippen LogP contribution in [0.3, 0.4) is 0 Å². The van der Waals surface area contributed by atoms with E-state index in [1.54, 1.807) is 25.2 Å². The van der Waals surface area contributed by atoms with Gasteiger partial charge in [-0.25, -0.2) is 4.68 Å². The van der Waals surface area contributed by atoms with Gasteiger partial charge in [-0.1, -0.05) is 0 Å². The van der Waals surface area contributed by atoms with Crippen molar-refractivity contribution in [2.75, 3.05) is 0 Å². The number of Topliss-reactive ketones (excluding diaryl/α,β-unsaturated/α-hetero) is 1. The Hall–Kier alpha value is -2.20. The zero-order chi connectivity index (χ0) is 13.1. The minimum Gasteiger partial charge on any atom is -0.294 e. The molecule has 7 heteroatoms. The van der Waals surface area contributed by atoms with Crippen molar-refractivity contribution in [1.82, 2.24) is 20.2 Å². The number of tetrazole rings is 1. The molecule has 0 aliphatic heterocycles. The van der Waals surface area contributed by atoms with Gasteiger partial charge in [0.1, 0.15) is 0 Å². The Morgan fingerprint density at radius 3 is 2.83 bits per heavy atom. The lowest BCUT2D eigenvalue weighted by molar-refractivity contribution is 0.101. The SMILES string of the molecule is CC(=O)c1ccc(C#N)cc1Sc1nnnn1C. The van der Waals surface area contributed by atoms with E-state index in [-0.39, 0.29) is 5.78 Å². The zero-order valence-electron chi connectivity index (χ0n) is 9.78. The van der Waals surface area contributed by atoms with Crippen LogP contribution in [0.1, 0.15) is 22.8 Å². The number of nitriles is 1. The third-order valence-corrected chi connectivity index (χ3v) is 3.36. The highest BCUT2D eigenvalue weighted by Crippen LogP contribution is 2.29. The molecule has 0 saturated heterocycles. The fourth-order valence-corrected chi connectivity index (χ4v) is 2.32. The van der Waals surface area contributed by atoms with Crippen molar-refractivity contribution >= 4 is 17.5 Å². The Morgan fingerprint density at radius 1 is 1.50 bits per heavy atom. The minimum atomic E-state index is -0.0582. The van der Waals surface area contributed by atoms with E-state index in [0.29, 0.717) is 21.2 Å². The van der Waals surface area contributed by atoms with Gasteiger partial charge in [0.2, 0.25) is 5.16 Å². The minimum absolute atomic E-state index is 0.0582. The number of rotatable bonds is 3. The highest BCUT2D eigenvalue weighted by atomic mass is 32.2. The van der Waals surface area contributed by atoms with Gasteiger partial charge in [0.25, 0.3) is 0 Å². The highest BCUT2D eigenvalue weighted by molar-refractivity contribution is 7.99. The molecule has 1 heterocycles. The normalized spacial score (nSPS) is 10.1. The summed E-state index contributed by atoms with van der Waals surface area (Å²) in [4.78, 5) is 12.2. The third kappa shape index (κ3) is 2.38. The first-order valence-electron chi connectivity index (χ1n) is 5.07. The second-order valence-corrected chi connectivity index (χ2v) is 4.58. The van der Waals surface area contributed by atoms with E-state index in [2.05, 4.69) is 15.5 Å². The van der Waals surface area contributed by atoms with Gasteiger partial charge >= 0.3 is 0 Å². The number of hydrogen-bond donors (Lipinski definition) is 0. The maximum absolute atomic E-state index is 11.5. The second-order valence-electron chi connectivity index (χ2n) is 3.57. The second kappa shape index (κ2) is 4.98. The fraction of sp³-hybridized carbons (Fsp3) is 0.182. The molecule has 18 heavy (non-hydrogen) atoms. The summed E-state index contributed by atoms with van der Waals surface area (Å²) in [5, 5.41) is 20.5. The van der Waals surface area contributed by atoms with Crippen molar-refractivity contribution < 1.29 is 4.79 Å². The number of aryl methyl sites for hydroxylation is 1. The number of nitrogens with zero attached hydrogens (tertiary/aromatic N) is 5. The maximum Gasteiger partial charge on any atom is 0.213 e. The van der Waals surface area contributed by atoms with Crippen molar-refractivity contribution in [2.45, 2.75) is 17.0 Å². The van der Waals surface area contributed by atoms with Crippen molar-refractivity contribution in [2.24, 2.45) is 7.05 Å². The van der Waals surface area contributed by atoms with Crippen molar-refractivity contribution in [3.8, 4) is 6.07 Å². The number of carbonyl (C=O) groups is 1. The number of aromatic nitrogens is 4. The van der Waals surface area contributed by atoms with Crippen LogP contribution in [-0.4, -0.2) is 26.0 Å². The van der Waals surface area contributed by atoms with Crippen molar-refractivity contribution in [3.05, 3.63) is 29.3 Å². The molecule has 0 spiro atoms. The number of carbonyl (C=O) groups excluding carboxylic acids is 1. The van der Waals surface area contributed by atoms with E-state index in [0.717, 1.165) is 0 Å². The number of hydrogen-bond acceptors (Lipinski definition) is 6. The summed E-state index contributed by atoms with van der Waals surface area (Å²) in [5.74, 6) is -0.0582. The molecule has 1 aromatic carbocycles. The Labute approximate surface area is 108 Å². The van der Waals surface area contributed by atoms with Gasteiger partial charge in [-0.2, -0.15) is 5.26 Å². The van der Waals surface area contributed by atoms with Crippen LogP contribution in [0.25, 0.3) is 0 Å². The smallest absolute Gasteiger partial charge is 0.213 e. The van der Waals surface area contributed by atoms with Crippen LogP contribution in [-0.2, 0) is 7.05 Å². The summed E-state index contributed by atoms with van der Waals surface area (Å²) < 4.78 is 1.51. The summed E-state index contributed by atoms with van der Waals surface area (Å²) in [5.41, 5.74) is 1.06.